The Morgan fingerprint density at radius 1 is 1.17 bits per heavy atom. The molecule has 0 amide bonds. The van der Waals surface area contributed by atoms with Gasteiger partial charge in [-0.3, -0.25) is 9.79 Å². The molecule has 9 heteroatoms. The van der Waals surface area contributed by atoms with Crippen molar-refractivity contribution >= 4 is 28.7 Å². The van der Waals surface area contributed by atoms with Crippen molar-refractivity contribution in [1.82, 2.24) is 10.3 Å². The average molecular weight is 415 g/mol. The van der Waals surface area contributed by atoms with E-state index in [1.807, 2.05) is 0 Å². The molecule has 0 saturated heterocycles. The molecule has 160 valence electrons. The lowest BCUT2D eigenvalue weighted by atomic mass is 9.75. The second kappa shape index (κ2) is 9.17. The highest BCUT2D eigenvalue weighted by atomic mass is 16.6. The van der Waals surface area contributed by atoms with Gasteiger partial charge in [0.25, 0.3) is 0 Å². The van der Waals surface area contributed by atoms with Crippen LogP contribution in [0.1, 0.15) is 39.2 Å². The third kappa shape index (κ3) is 4.25. The van der Waals surface area contributed by atoms with Crippen molar-refractivity contribution in [3.63, 3.8) is 0 Å². The SMILES string of the molecule is COCCOC(=O)C1=C(C)N=C(C)C(C(=O)OC(C)C)C1c1cccc2nonc12. The van der Waals surface area contributed by atoms with Crippen molar-refractivity contribution in [3.8, 4) is 0 Å². The van der Waals surface area contributed by atoms with E-state index in [1.165, 1.54) is 7.11 Å². The Balaban J connectivity index is 2.14. The number of methoxy groups -OCH3 is 1. The zero-order valence-electron chi connectivity index (χ0n) is 17.7. The Bertz CT molecular complexity index is 1010. The van der Waals surface area contributed by atoms with Crippen LogP contribution in [0.3, 0.4) is 0 Å². The molecule has 2 heterocycles. The van der Waals surface area contributed by atoms with E-state index in [0.29, 0.717) is 28.0 Å². The fraction of sp³-hybridized carbons (Fsp3) is 0.476. The van der Waals surface area contributed by atoms with Gasteiger partial charge in [-0.2, -0.15) is 0 Å². The lowest BCUT2D eigenvalue weighted by Crippen LogP contribution is -2.37. The van der Waals surface area contributed by atoms with E-state index in [9.17, 15) is 9.59 Å². The molecule has 0 fully saturated rings. The van der Waals surface area contributed by atoms with Crippen LogP contribution in [-0.2, 0) is 23.8 Å². The number of hydrogen-bond acceptors (Lipinski definition) is 9. The first-order valence-electron chi connectivity index (χ1n) is 9.68. The van der Waals surface area contributed by atoms with Crippen LogP contribution in [0.5, 0.6) is 0 Å². The number of ether oxygens (including phenoxy) is 3. The molecule has 2 aromatic rings. The molecule has 0 saturated carbocycles. The van der Waals surface area contributed by atoms with E-state index in [1.54, 1.807) is 45.9 Å². The monoisotopic (exact) mass is 415 g/mol. The number of aliphatic imine (C=N–C) groups is 1. The van der Waals surface area contributed by atoms with Crippen LogP contribution in [0.15, 0.2) is 39.1 Å². The molecule has 1 aromatic carbocycles. The molecule has 0 spiro atoms. The number of carbonyl (C=O) groups is 2. The summed E-state index contributed by atoms with van der Waals surface area (Å²) in [5.41, 5.74) is 2.90. The lowest BCUT2D eigenvalue weighted by molar-refractivity contribution is -0.150. The van der Waals surface area contributed by atoms with Crippen molar-refractivity contribution in [1.29, 1.82) is 0 Å². The van der Waals surface area contributed by atoms with Gasteiger partial charge in [0.2, 0.25) is 0 Å². The topological polar surface area (TPSA) is 113 Å². The van der Waals surface area contributed by atoms with E-state index in [-0.39, 0.29) is 24.9 Å². The first-order valence-corrected chi connectivity index (χ1v) is 9.68. The van der Waals surface area contributed by atoms with Crippen molar-refractivity contribution in [2.75, 3.05) is 20.3 Å². The van der Waals surface area contributed by atoms with E-state index < -0.39 is 23.8 Å². The largest absolute Gasteiger partial charge is 0.462 e. The molecule has 1 aliphatic rings. The molecule has 2 unspecified atom stereocenters. The summed E-state index contributed by atoms with van der Waals surface area (Å²) in [5.74, 6) is -2.57. The minimum absolute atomic E-state index is 0.0817. The summed E-state index contributed by atoms with van der Waals surface area (Å²) in [6.45, 7) is 7.34. The molecular formula is C21H25N3O6. The van der Waals surface area contributed by atoms with Crippen molar-refractivity contribution in [3.05, 3.63) is 35.0 Å². The molecule has 3 rings (SSSR count). The molecule has 30 heavy (non-hydrogen) atoms. The Kier molecular flexibility index (Phi) is 6.61. The number of rotatable bonds is 7. The minimum Gasteiger partial charge on any atom is -0.462 e. The maximum Gasteiger partial charge on any atom is 0.336 e. The summed E-state index contributed by atoms with van der Waals surface area (Å²) < 4.78 is 20.7. The molecular weight excluding hydrogens is 390 g/mol. The van der Waals surface area contributed by atoms with Gasteiger partial charge in [-0.05, 0) is 49.6 Å². The van der Waals surface area contributed by atoms with E-state index in [2.05, 4.69) is 15.3 Å². The third-order valence-corrected chi connectivity index (χ3v) is 4.83. The van der Waals surface area contributed by atoms with Gasteiger partial charge in [-0.25, -0.2) is 9.42 Å². The molecule has 2 atom stereocenters. The average Bonchev–Trinajstić information content (AvgIpc) is 3.15. The Labute approximate surface area is 174 Å². The van der Waals surface area contributed by atoms with E-state index in [4.69, 9.17) is 18.8 Å². The molecule has 0 aliphatic carbocycles. The predicted molar refractivity (Wildman–Crippen MR) is 108 cm³/mol. The van der Waals surface area contributed by atoms with E-state index in [0.717, 1.165) is 0 Å². The minimum atomic E-state index is -0.816. The number of esters is 2. The fourth-order valence-electron chi connectivity index (χ4n) is 3.62. The number of fused-ring (bicyclic) bond motifs is 1. The van der Waals surface area contributed by atoms with Crippen LogP contribution in [0.2, 0.25) is 0 Å². The molecule has 0 radical (unpaired) electrons. The third-order valence-electron chi connectivity index (χ3n) is 4.83. The molecule has 0 N–H and O–H groups in total. The van der Waals surface area contributed by atoms with E-state index >= 15 is 0 Å². The number of hydrogen-bond donors (Lipinski definition) is 0. The van der Waals surface area contributed by atoms with Crippen molar-refractivity contribution in [2.45, 2.75) is 39.7 Å². The summed E-state index contributed by atoms with van der Waals surface area (Å²) in [7, 11) is 1.52. The van der Waals surface area contributed by atoms with Crippen LogP contribution in [-0.4, -0.2) is 54.4 Å². The first-order chi connectivity index (χ1) is 14.3. The second-order valence-electron chi connectivity index (χ2n) is 7.30. The Hall–Kier alpha value is -3.07. The number of nitrogens with zero attached hydrogens (tertiary/aromatic N) is 3. The maximum atomic E-state index is 13.1. The van der Waals surface area contributed by atoms with Crippen LogP contribution < -0.4 is 0 Å². The fourth-order valence-corrected chi connectivity index (χ4v) is 3.62. The predicted octanol–water partition coefficient (Wildman–Crippen LogP) is 2.81. The molecule has 0 bridgehead atoms. The lowest BCUT2D eigenvalue weighted by Gasteiger charge is -2.32. The Morgan fingerprint density at radius 2 is 1.93 bits per heavy atom. The summed E-state index contributed by atoms with van der Waals surface area (Å²) >= 11 is 0. The van der Waals surface area contributed by atoms with Gasteiger partial charge in [0.1, 0.15) is 23.6 Å². The van der Waals surface area contributed by atoms with Gasteiger partial charge in [0.05, 0.1) is 18.3 Å². The molecule has 1 aliphatic heterocycles. The van der Waals surface area contributed by atoms with Crippen molar-refractivity contribution in [2.24, 2.45) is 10.9 Å². The highest BCUT2D eigenvalue weighted by Gasteiger charge is 2.43. The van der Waals surface area contributed by atoms with Gasteiger partial charge in [0.15, 0.2) is 0 Å². The zero-order chi connectivity index (χ0) is 21.8. The second-order valence-corrected chi connectivity index (χ2v) is 7.30. The highest BCUT2D eigenvalue weighted by Crippen LogP contribution is 2.42. The summed E-state index contributed by atoms with van der Waals surface area (Å²) in [6, 6.07) is 5.31. The van der Waals surface area contributed by atoms with Crippen LogP contribution in [0, 0.1) is 5.92 Å². The van der Waals surface area contributed by atoms with Gasteiger partial charge >= 0.3 is 11.9 Å². The van der Waals surface area contributed by atoms with Crippen molar-refractivity contribution < 1.29 is 28.4 Å². The Morgan fingerprint density at radius 3 is 2.63 bits per heavy atom. The van der Waals surface area contributed by atoms with Gasteiger partial charge in [-0.15, -0.1) is 0 Å². The summed E-state index contributed by atoms with van der Waals surface area (Å²) in [4.78, 5) is 30.5. The van der Waals surface area contributed by atoms with Crippen LogP contribution >= 0.6 is 0 Å². The van der Waals surface area contributed by atoms with Crippen LogP contribution in [0.4, 0.5) is 0 Å². The quantitative estimate of drug-likeness (QED) is 0.501. The number of allylic oxidation sites excluding steroid dienone is 1. The number of benzene rings is 1. The normalized spacial score (nSPS) is 19.2. The first kappa shape index (κ1) is 21.6. The standard InChI is InChI=1S/C21H25N3O6/c1-11(2)29-21(26)17-13(4)22-12(3)16(20(25)28-10-9-27-5)18(17)14-7-6-8-15-19(14)24-30-23-15/h6-8,11,17-18H,9-10H2,1-5H3. The van der Waals surface area contributed by atoms with Gasteiger partial charge in [-0.1, -0.05) is 12.1 Å². The zero-order valence-corrected chi connectivity index (χ0v) is 17.7. The smallest absolute Gasteiger partial charge is 0.336 e. The van der Waals surface area contributed by atoms with Gasteiger partial charge in [0, 0.05) is 24.4 Å². The molecule has 1 aromatic heterocycles. The van der Waals surface area contributed by atoms with Gasteiger partial charge < -0.3 is 14.2 Å². The number of carbonyl (C=O) groups excluding carboxylic acids is 2. The highest BCUT2D eigenvalue weighted by molar-refractivity contribution is 6.07. The summed E-state index contributed by atoms with van der Waals surface area (Å²) in [6.07, 6.45) is -0.320. The molecule has 9 nitrogen and oxygen atoms in total. The maximum absolute atomic E-state index is 13.1. The van der Waals surface area contributed by atoms with Crippen LogP contribution in [0.25, 0.3) is 11.0 Å². The summed E-state index contributed by atoms with van der Waals surface area (Å²) in [5, 5.41) is 7.87. The number of aromatic nitrogens is 2.